The lowest BCUT2D eigenvalue weighted by Gasteiger charge is -2.14. The van der Waals surface area contributed by atoms with Gasteiger partial charge in [0.1, 0.15) is 0 Å². The molecule has 1 fully saturated rings. The minimum atomic E-state index is -0.119. The second kappa shape index (κ2) is 5.34. The van der Waals surface area contributed by atoms with Gasteiger partial charge in [0.25, 0.3) is 5.91 Å². The lowest BCUT2D eigenvalue weighted by atomic mass is 10.2. The van der Waals surface area contributed by atoms with Crippen molar-refractivity contribution in [3.63, 3.8) is 0 Å². The zero-order chi connectivity index (χ0) is 13.9. The topological polar surface area (TPSA) is 61.4 Å². The quantitative estimate of drug-likeness (QED) is 0.911. The summed E-state index contributed by atoms with van der Waals surface area (Å²) in [6.45, 7) is 1.33. The Morgan fingerprint density at radius 2 is 2.05 bits per heavy atom. The minimum Gasteiger partial charge on any atom is -0.336 e. The Bertz CT molecular complexity index is 622. The van der Waals surface area contributed by atoms with E-state index in [0.717, 1.165) is 5.69 Å². The Morgan fingerprint density at radius 3 is 2.65 bits per heavy atom. The standard InChI is InChI=1S/C14H13N3O2S/c18-13(12-2-1-9-20-12)16-10-3-5-11(6-4-10)17-8-7-15-14(17)19/h1-6,9H,7-8H2,(H,15,19)(H,16,18). The maximum atomic E-state index is 11.9. The molecule has 3 amide bonds. The fourth-order valence-electron chi connectivity index (χ4n) is 2.04. The first-order chi connectivity index (χ1) is 9.74. The zero-order valence-electron chi connectivity index (χ0n) is 10.6. The maximum absolute atomic E-state index is 11.9. The number of hydrogen-bond acceptors (Lipinski definition) is 3. The SMILES string of the molecule is O=C(Nc1ccc(N2CCNC2=O)cc1)c1cccs1. The summed E-state index contributed by atoms with van der Waals surface area (Å²) >= 11 is 1.40. The second-order valence-corrected chi connectivity index (χ2v) is 5.31. The Balaban J connectivity index is 1.70. The number of amides is 3. The summed E-state index contributed by atoms with van der Waals surface area (Å²) in [5.74, 6) is -0.119. The van der Waals surface area contributed by atoms with Gasteiger partial charge >= 0.3 is 6.03 Å². The molecule has 2 heterocycles. The van der Waals surface area contributed by atoms with Gasteiger partial charge in [-0.1, -0.05) is 6.07 Å². The summed E-state index contributed by atoms with van der Waals surface area (Å²) in [7, 11) is 0. The highest BCUT2D eigenvalue weighted by molar-refractivity contribution is 7.12. The minimum absolute atomic E-state index is 0.0830. The van der Waals surface area contributed by atoms with Crippen molar-refractivity contribution >= 4 is 34.6 Å². The molecule has 0 spiro atoms. The van der Waals surface area contributed by atoms with E-state index in [2.05, 4.69) is 10.6 Å². The third-order valence-corrected chi connectivity index (χ3v) is 3.91. The van der Waals surface area contributed by atoms with E-state index in [0.29, 0.717) is 23.7 Å². The number of nitrogens with one attached hydrogen (secondary N) is 2. The van der Waals surface area contributed by atoms with E-state index in [1.54, 1.807) is 23.1 Å². The first-order valence-corrected chi connectivity index (χ1v) is 7.12. The van der Waals surface area contributed by atoms with Crippen LogP contribution in [-0.2, 0) is 0 Å². The van der Waals surface area contributed by atoms with Crippen LogP contribution in [0.4, 0.5) is 16.2 Å². The lowest BCUT2D eigenvalue weighted by molar-refractivity contribution is 0.103. The van der Waals surface area contributed by atoms with Gasteiger partial charge in [-0.15, -0.1) is 11.3 Å². The van der Waals surface area contributed by atoms with Crippen LogP contribution in [0, 0.1) is 0 Å². The van der Waals surface area contributed by atoms with Gasteiger partial charge in [0, 0.05) is 24.5 Å². The highest BCUT2D eigenvalue weighted by Crippen LogP contribution is 2.20. The molecule has 0 atom stereocenters. The zero-order valence-corrected chi connectivity index (χ0v) is 11.4. The smallest absolute Gasteiger partial charge is 0.321 e. The summed E-state index contributed by atoms with van der Waals surface area (Å²) in [5, 5.41) is 7.44. The number of thiophene rings is 1. The van der Waals surface area contributed by atoms with Gasteiger partial charge in [-0.05, 0) is 35.7 Å². The lowest BCUT2D eigenvalue weighted by Crippen LogP contribution is -2.27. The van der Waals surface area contributed by atoms with Gasteiger partial charge in [-0.2, -0.15) is 0 Å². The van der Waals surface area contributed by atoms with E-state index in [1.165, 1.54) is 11.3 Å². The third kappa shape index (κ3) is 2.50. The predicted octanol–water partition coefficient (Wildman–Crippen LogP) is 2.53. The summed E-state index contributed by atoms with van der Waals surface area (Å²) in [6, 6.07) is 10.8. The van der Waals surface area contributed by atoms with Crippen LogP contribution in [-0.4, -0.2) is 25.0 Å². The molecule has 1 aliphatic rings. The van der Waals surface area contributed by atoms with E-state index >= 15 is 0 Å². The summed E-state index contributed by atoms with van der Waals surface area (Å²) < 4.78 is 0. The summed E-state index contributed by atoms with van der Waals surface area (Å²) in [5.41, 5.74) is 1.54. The van der Waals surface area contributed by atoms with Crippen molar-refractivity contribution in [3.8, 4) is 0 Å². The molecular weight excluding hydrogens is 274 g/mol. The number of anilines is 2. The molecular formula is C14H13N3O2S. The first kappa shape index (κ1) is 12.7. The van der Waals surface area contributed by atoms with Crippen LogP contribution in [0.2, 0.25) is 0 Å². The van der Waals surface area contributed by atoms with Crippen molar-refractivity contribution in [1.82, 2.24) is 5.32 Å². The predicted molar refractivity (Wildman–Crippen MR) is 79.5 cm³/mol. The van der Waals surface area contributed by atoms with Crippen LogP contribution in [0.3, 0.4) is 0 Å². The van der Waals surface area contributed by atoms with Crippen molar-refractivity contribution < 1.29 is 9.59 Å². The number of carbonyl (C=O) groups excluding carboxylic acids is 2. The van der Waals surface area contributed by atoms with Crippen LogP contribution in [0.1, 0.15) is 9.67 Å². The average Bonchev–Trinajstić information content (AvgIpc) is 3.11. The van der Waals surface area contributed by atoms with Crippen molar-refractivity contribution in [2.24, 2.45) is 0 Å². The molecule has 1 saturated heterocycles. The molecule has 1 aromatic carbocycles. The highest BCUT2D eigenvalue weighted by atomic mass is 32.1. The second-order valence-electron chi connectivity index (χ2n) is 4.36. The van der Waals surface area contributed by atoms with Crippen molar-refractivity contribution in [3.05, 3.63) is 46.7 Å². The molecule has 1 aliphatic heterocycles. The van der Waals surface area contributed by atoms with Crippen LogP contribution in [0.25, 0.3) is 0 Å². The molecule has 2 N–H and O–H groups in total. The van der Waals surface area contributed by atoms with Crippen molar-refractivity contribution in [2.45, 2.75) is 0 Å². The molecule has 5 nitrogen and oxygen atoms in total. The van der Waals surface area contributed by atoms with Gasteiger partial charge < -0.3 is 10.6 Å². The number of carbonyl (C=O) groups is 2. The third-order valence-electron chi connectivity index (χ3n) is 3.04. The van der Waals surface area contributed by atoms with Crippen molar-refractivity contribution in [2.75, 3.05) is 23.3 Å². The number of benzene rings is 1. The largest absolute Gasteiger partial charge is 0.336 e. The maximum Gasteiger partial charge on any atom is 0.321 e. The molecule has 102 valence electrons. The molecule has 0 aliphatic carbocycles. The van der Waals surface area contributed by atoms with Crippen LogP contribution < -0.4 is 15.5 Å². The Morgan fingerprint density at radius 1 is 1.25 bits per heavy atom. The molecule has 20 heavy (non-hydrogen) atoms. The van der Waals surface area contributed by atoms with Crippen LogP contribution >= 0.6 is 11.3 Å². The molecule has 0 unspecified atom stereocenters. The monoisotopic (exact) mass is 287 g/mol. The number of urea groups is 1. The van der Waals surface area contributed by atoms with Crippen LogP contribution in [0.15, 0.2) is 41.8 Å². The van der Waals surface area contributed by atoms with E-state index in [9.17, 15) is 9.59 Å². The molecule has 2 aromatic rings. The van der Waals surface area contributed by atoms with Gasteiger partial charge in [-0.25, -0.2) is 4.79 Å². The fraction of sp³-hybridized carbons (Fsp3) is 0.143. The Labute approximate surface area is 120 Å². The van der Waals surface area contributed by atoms with E-state index in [-0.39, 0.29) is 11.9 Å². The molecule has 3 rings (SSSR count). The van der Waals surface area contributed by atoms with Gasteiger partial charge in [0.15, 0.2) is 0 Å². The molecule has 1 aromatic heterocycles. The number of hydrogen-bond donors (Lipinski definition) is 2. The van der Waals surface area contributed by atoms with E-state index in [1.807, 2.05) is 23.6 Å². The average molecular weight is 287 g/mol. The summed E-state index contributed by atoms with van der Waals surface area (Å²) in [4.78, 5) is 25.8. The number of nitrogens with zero attached hydrogens (tertiary/aromatic N) is 1. The van der Waals surface area contributed by atoms with E-state index in [4.69, 9.17) is 0 Å². The normalized spacial score (nSPS) is 14.2. The molecule has 0 bridgehead atoms. The number of rotatable bonds is 3. The molecule has 6 heteroatoms. The Hall–Kier alpha value is -2.34. The highest BCUT2D eigenvalue weighted by Gasteiger charge is 2.20. The first-order valence-electron chi connectivity index (χ1n) is 6.24. The molecule has 0 radical (unpaired) electrons. The molecule has 0 saturated carbocycles. The van der Waals surface area contributed by atoms with Gasteiger partial charge in [0.05, 0.1) is 4.88 Å². The summed E-state index contributed by atoms with van der Waals surface area (Å²) in [6.07, 6.45) is 0. The van der Waals surface area contributed by atoms with Gasteiger partial charge in [0.2, 0.25) is 0 Å². The van der Waals surface area contributed by atoms with Gasteiger partial charge in [-0.3, -0.25) is 9.69 Å². The van der Waals surface area contributed by atoms with Crippen LogP contribution in [0.5, 0.6) is 0 Å². The Kier molecular flexibility index (Phi) is 3.39. The fourth-order valence-corrected chi connectivity index (χ4v) is 2.66. The van der Waals surface area contributed by atoms with Crippen molar-refractivity contribution in [1.29, 1.82) is 0 Å². The van der Waals surface area contributed by atoms with E-state index < -0.39 is 0 Å².